The number of carbonyl (C=O) groups is 1. The third-order valence-corrected chi connectivity index (χ3v) is 2.05. The summed E-state index contributed by atoms with van der Waals surface area (Å²) in [5.41, 5.74) is 0.651. The molecular formula is C9H7NOS. The minimum atomic E-state index is -0.0443. The molecule has 0 aromatic heterocycles. The maximum atomic E-state index is 11.2. The van der Waals surface area contributed by atoms with Crippen molar-refractivity contribution in [3.05, 3.63) is 35.9 Å². The maximum Gasteiger partial charge on any atom is 0.220 e. The van der Waals surface area contributed by atoms with Gasteiger partial charge in [-0.05, 0) is 0 Å². The maximum absolute atomic E-state index is 11.2. The zero-order valence-corrected chi connectivity index (χ0v) is 7.17. The van der Waals surface area contributed by atoms with Crippen LogP contribution in [0.3, 0.4) is 0 Å². The lowest BCUT2D eigenvalue weighted by Gasteiger charge is -1.94. The van der Waals surface area contributed by atoms with Gasteiger partial charge in [-0.3, -0.25) is 4.79 Å². The third kappa shape index (κ3) is 2.40. The Hall–Kier alpha value is -1.27. The van der Waals surface area contributed by atoms with Crippen molar-refractivity contribution in [3.63, 3.8) is 0 Å². The van der Waals surface area contributed by atoms with Crippen molar-refractivity contribution in [2.75, 3.05) is 5.75 Å². The lowest BCUT2D eigenvalue weighted by atomic mass is 10.2. The van der Waals surface area contributed by atoms with Crippen molar-refractivity contribution >= 4 is 16.9 Å². The Morgan fingerprint density at radius 3 is 2.67 bits per heavy atom. The molecule has 1 aromatic rings. The van der Waals surface area contributed by atoms with E-state index in [1.165, 1.54) is 0 Å². The Bertz CT molecular complexity index is 302. The monoisotopic (exact) mass is 177 g/mol. The average Bonchev–Trinajstić information content (AvgIpc) is 2.15. The highest BCUT2D eigenvalue weighted by Gasteiger charge is 2.03. The Labute approximate surface area is 75.2 Å². The van der Waals surface area contributed by atoms with Crippen molar-refractivity contribution in [1.29, 1.82) is 5.26 Å². The van der Waals surface area contributed by atoms with Crippen LogP contribution in [-0.2, 0) is 0 Å². The first-order valence-electron chi connectivity index (χ1n) is 3.43. The van der Waals surface area contributed by atoms with E-state index in [9.17, 15) is 4.79 Å². The summed E-state index contributed by atoms with van der Waals surface area (Å²) in [6, 6.07) is 10.9. The van der Waals surface area contributed by atoms with Crippen LogP contribution < -0.4 is 0 Å². The lowest BCUT2D eigenvalue weighted by molar-refractivity contribution is 0.108. The highest BCUT2D eigenvalue weighted by Crippen LogP contribution is 2.10. The van der Waals surface area contributed by atoms with Gasteiger partial charge in [-0.15, -0.1) is 0 Å². The normalized spacial score (nSPS) is 8.92. The van der Waals surface area contributed by atoms with Gasteiger partial charge in [0.05, 0.1) is 11.8 Å². The molecule has 0 spiro atoms. The molecule has 0 bridgehead atoms. The van der Waals surface area contributed by atoms with Crippen LogP contribution in [0.15, 0.2) is 30.3 Å². The van der Waals surface area contributed by atoms with E-state index in [2.05, 4.69) is 0 Å². The summed E-state index contributed by atoms with van der Waals surface area (Å²) in [6.07, 6.45) is 0. The Kier molecular flexibility index (Phi) is 3.36. The Morgan fingerprint density at radius 1 is 1.42 bits per heavy atom. The van der Waals surface area contributed by atoms with Crippen molar-refractivity contribution in [3.8, 4) is 6.07 Å². The third-order valence-electron chi connectivity index (χ3n) is 1.28. The highest BCUT2D eigenvalue weighted by molar-refractivity contribution is 8.14. The van der Waals surface area contributed by atoms with Gasteiger partial charge in [0, 0.05) is 5.56 Å². The Morgan fingerprint density at radius 2 is 2.08 bits per heavy atom. The van der Waals surface area contributed by atoms with Gasteiger partial charge in [0.25, 0.3) is 0 Å². The van der Waals surface area contributed by atoms with E-state index in [0.717, 1.165) is 11.8 Å². The molecule has 1 rings (SSSR count). The number of nitrogens with zero attached hydrogens (tertiary/aromatic N) is 1. The topological polar surface area (TPSA) is 40.9 Å². The van der Waals surface area contributed by atoms with Crippen LogP contribution in [0.25, 0.3) is 0 Å². The van der Waals surface area contributed by atoms with Crippen LogP contribution in [-0.4, -0.2) is 10.9 Å². The molecule has 0 saturated heterocycles. The van der Waals surface area contributed by atoms with Crippen LogP contribution >= 0.6 is 11.8 Å². The second-order valence-corrected chi connectivity index (χ2v) is 3.05. The zero-order valence-electron chi connectivity index (χ0n) is 6.36. The number of thioether (sulfide) groups is 1. The average molecular weight is 177 g/mol. The summed E-state index contributed by atoms with van der Waals surface area (Å²) in [4.78, 5) is 11.2. The first-order valence-corrected chi connectivity index (χ1v) is 4.42. The van der Waals surface area contributed by atoms with E-state index >= 15 is 0 Å². The molecule has 1 aromatic carbocycles. The second kappa shape index (κ2) is 4.58. The smallest absolute Gasteiger partial charge is 0.220 e. The van der Waals surface area contributed by atoms with Crippen LogP contribution in [0.2, 0.25) is 0 Å². The van der Waals surface area contributed by atoms with Crippen LogP contribution in [0.5, 0.6) is 0 Å². The Balaban J connectivity index is 2.61. The standard InChI is InChI=1S/C9H7NOS/c10-6-7-12-9(11)8-4-2-1-3-5-8/h1-5H,7H2. The lowest BCUT2D eigenvalue weighted by Crippen LogP contribution is -1.92. The van der Waals surface area contributed by atoms with E-state index in [1.807, 2.05) is 12.1 Å². The minimum absolute atomic E-state index is 0.0443. The number of carbonyl (C=O) groups excluding carboxylic acids is 1. The molecule has 0 radical (unpaired) electrons. The van der Waals surface area contributed by atoms with E-state index in [0.29, 0.717) is 5.56 Å². The fourth-order valence-corrected chi connectivity index (χ4v) is 1.25. The van der Waals surface area contributed by atoms with Gasteiger partial charge in [0.15, 0.2) is 0 Å². The molecule has 3 heteroatoms. The summed E-state index contributed by atoms with van der Waals surface area (Å²) in [6.45, 7) is 0. The summed E-state index contributed by atoms with van der Waals surface area (Å²) in [5.74, 6) is 0.216. The molecule has 60 valence electrons. The summed E-state index contributed by atoms with van der Waals surface area (Å²) < 4.78 is 0. The van der Waals surface area contributed by atoms with Crippen LogP contribution in [0.1, 0.15) is 10.4 Å². The van der Waals surface area contributed by atoms with E-state index < -0.39 is 0 Å². The van der Waals surface area contributed by atoms with E-state index in [1.54, 1.807) is 24.3 Å². The molecule has 12 heavy (non-hydrogen) atoms. The predicted octanol–water partition coefficient (Wildman–Crippen LogP) is 2.08. The minimum Gasteiger partial charge on any atom is -0.282 e. The number of nitriles is 1. The van der Waals surface area contributed by atoms with Gasteiger partial charge < -0.3 is 0 Å². The first-order chi connectivity index (χ1) is 5.84. The number of hydrogen-bond donors (Lipinski definition) is 0. The molecule has 0 aliphatic carbocycles. The molecule has 2 nitrogen and oxygen atoms in total. The zero-order chi connectivity index (χ0) is 8.81. The van der Waals surface area contributed by atoms with Gasteiger partial charge in [0.2, 0.25) is 5.12 Å². The van der Waals surface area contributed by atoms with Crippen LogP contribution in [0.4, 0.5) is 0 Å². The van der Waals surface area contributed by atoms with Gasteiger partial charge in [-0.25, -0.2) is 0 Å². The molecule has 0 atom stereocenters. The second-order valence-electron chi connectivity index (χ2n) is 2.10. The van der Waals surface area contributed by atoms with Crippen molar-refractivity contribution in [1.82, 2.24) is 0 Å². The number of hydrogen-bond acceptors (Lipinski definition) is 3. The van der Waals surface area contributed by atoms with Crippen molar-refractivity contribution < 1.29 is 4.79 Å². The van der Waals surface area contributed by atoms with Gasteiger partial charge in [-0.2, -0.15) is 5.26 Å². The van der Waals surface area contributed by atoms with Gasteiger partial charge >= 0.3 is 0 Å². The molecule has 0 unspecified atom stereocenters. The molecule has 0 N–H and O–H groups in total. The van der Waals surface area contributed by atoms with E-state index in [4.69, 9.17) is 5.26 Å². The van der Waals surface area contributed by atoms with Crippen molar-refractivity contribution in [2.45, 2.75) is 0 Å². The molecular weight excluding hydrogens is 170 g/mol. The molecule has 0 fully saturated rings. The summed E-state index contributed by atoms with van der Waals surface area (Å²) >= 11 is 1.03. The number of rotatable bonds is 2. The van der Waals surface area contributed by atoms with Gasteiger partial charge in [-0.1, -0.05) is 42.1 Å². The van der Waals surface area contributed by atoms with Gasteiger partial charge in [0.1, 0.15) is 0 Å². The summed E-state index contributed by atoms with van der Waals surface area (Å²) in [5, 5.41) is 8.19. The fraction of sp³-hybridized carbons (Fsp3) is 0.111. The SMILES string of the molecule is N#CCSC(=O)c1ccccc1. The predicted molar refractivity (Wildman–Crippen MR) is 48.8 cm³/mol. The van der Waals surface area contributed by atoms with E-state index in [-0.39, 0.29) is 10.9 Å². The summed E-state index contributed by atoms with van der Waals surface area (Å²) in [7, 11) is 0. The highest BCUT2D eigenvalue weighted by atomic mass is 32.2. The largest absolute Gasteiger partial charge is 0.282 e. The molecule has 0 aliphatic heterocycles. The molecule has 0 amide bonds. The quantitative estimate of drug-likeness (QED) is 0.694. The number of benzene rings is 1. The first kappa shape index (κ1) is 8.82. The van der Waals surface area contributed by atoms with Crippen LogP contribution in [0, 0.1) is 11.3 Å². The molecule has 0 aliphatic rings. The van der Waals surface area contributed by atoms with Crippen molar-refractivity contribution in [2.24, 2.45) is 0 Å². The molecule has 0 saturated carbocycles. The fourth-order valence-electron chi connectivity index (χ4n) is 0.755. The molecule has 0 heterocycles.